The molecule has 1 atom stereocenters. The number of anilines is 2. The lowest BCUT2D eigenvalue weighted by atomic mass is 10.00. The number of fused-ring (bicyclic) bond motifs is 1. The number of hydrogen-bond donors (Lipinski definition) is 1. The van der Waals surface area contributed by atoms with Gasteiger partial charge >= 0.3 is 0 Å². The summed E-state index contributed by atoms with van der Waals surface area (Å²) in [5.74, 6) is 0.0313. The zero-order valence-electron chi connectivity index (χ0n) is 11.8. The second-order valence-corrected chi connectivity index (χ2v) is 5.25. The average Bonchev–Trinajstić information content (AvgIpc) is 2.90. The van der Waals surface area contributed by atoms with Crippen molar-refractivity contribution in [2.24, 2.45) is 0 Å². The van der Waals surface area contributed by atoms with Gasteiger partial charge in [0.1, 0.15) is 0 Å². The van der Waals surface area contributed by atoms with Gasteiger partial charge in [0.2, 0.25) is 5.91 Å². The predicted octanol–water partition coefficient (Wildman–Crippen LogP) is 3.17. The molecule has 0 aromatic heterocycles. The molecule has 0 aliphatic carbocycles. The van der Waals surface area contributed by atoms with E-state index in [1.165, 1.54) is 5.56 Å². The van der Waals surface area contributed by atoms with E-state index in [0.717, 1.165) is 16.9 Å². The Balaban J connectivity index is 1.85. The van der Waals surface area contributed by atoms with Crippen molar-refractivity contribution in [2.75, 3.05) is 23.8 Å². The van der Waals surface area contributed by atoms with Gasteiger partial charge in [0, 0.05) is 25.0 Å². The SMILES string of the molecule is Cc1ccc(N(C)C(=O)C2CNc3ccccc32)cc1. The molecule has 0 radical (unpaired) electrons. The molecule has 0 spiro atoms. The fraction of sp³-hybridized carbons (Fsp3) is 0.235. The van der Waals surface area contributed by atoms with Crippen LogP contribution in [-0.2, 0) is 4.79 Å². The summed E-state index contributed by atoms with van der Waals surface area (Å²) < 4.78 is 0. The van der Waals surface area contributed by atoms with Crippen LogP contribution in [-0.4, -0.2) is 19.5 Å². The van der Waals surface area contributed by atoms with Crippen LogP contribution in [0.5, 0.6) is 0 Å². The number of para-hydroxylation sites is 1. The first-order valence-electron chi connectivity index (χ1n) is 6.84. The Kier molecular flexibility index (Phi) is 3.18. The highest BCUT2D eigenvalue weighted by molar-refractivity contribution is 5.99. The van der Waals surface area contributed by atoms with Crippen LogP contribution >= 0.6 is 0 Å². The maximum absolute atomic E-state index is 12.7. The van der Waals surface area contributed by atoms with Gasteiger partial charge in [0.15, 0.2) is 0 Å². The van der Waals surface area contributed by atoms with Gasteiger partial charge in [-0.05, 0) is 30.7 Å². The maximum atomic E-state index is 12.7. The molecule has 1 unspecified atom stereocenters. The fourth-order valence-corrected chi connectivity index (χ4v) is 2.63. The first-order chi connectivity index (χ1) is 9.66. The molecule has 0 saturated heterocycles. The van der Waals surface area contributed by atoms with E-state index in [9.17, 15) is 4.79 Å². The van der Waals surface area contributed by atoms with Gasteiger partial charge in [-0.15, -0.1) is 0 Å². The molecule has 1 N–H and O–H groups in total. The van der Waals surface area contributed by atoms with E-state index in [-0.39, 0.29) is 11.8 Å². The van der Waals surface area contributed by atoms with Gasteiger partial charge in [-0.25, -0.2) is 0 Å². The van der Waals surface area contributed by atoms with Gasteiger partial charge < -0.3 is 10.2 Å². The molecule has 1 aliphatic heterocycles. The molecule has 0 bridgehead atoms. The Hall–Kier alpha value is -2.29. The number of aryl methyl sites for hydroxylation is 1. The second kappa shape index (κ2) is 5.00. The molecule has 3 rings (SSSR count). The quantitative estimate of drug-likeness (QED) is 0.905. The first kappa shape index (κ1) is 12.7. The van der Waals surface area contributed by atoms with Crippen LogP contribution in [0.1, 0.15) is 17.0 Å². The summed E-state index contributed by atoms with van der Waals surface area (Å²) >= 11 is 0. The lowest BCUT2D eigenvalue weighted by Gasteiger charge is -2.21. The van der Waals surface area contributed by atoms with E-state index in [2.05, 4.69) is 5.32 Å². The largest absolute Gasteiger partial charge is 0.384 e. The van der Waals surface area contributed by atoms with Crippen LogP contribution in [0.3, 0.4) is 0 Å². The van der Waals surface area contributed by atoms with Crippen LogP contribution in [0, 0.1) is 6.92 Å². The number of nitrogens with zero attached hydrogens (tertiary/aromatic N) is 1. The summed E-state index contributed by atoms with van der Waals surface area (Å²) in [6.07, 6.45) is 0. The Morgan fingerprint density at radius 2 is 1.85 bits per heavy atom. The third-order valence-electron chi connectivity index (χ3n) is 3.88. The molecular weight excluding hydrogens is 248 g/mol. The Morgan fingerprint density at radius 1 is 1.15 bits per heavy atom. The van der Waals surface area contributed by atoms with Crippen LogP contribution in [0.2, 0.25) is 0 Å². The monoisotopic (exact) mass is 266 g/mol. The lowest BCUT2D eigenvalue weighted by molar-refractivity contribution is -0.119. The number of rotatable bonds is 2. The predicted molar refractivity (Wildman–Crippen MR) is 82.3 cm³/mol. The number of carbonyl (C=O) groups is 1. The minimum Gasteiger partial charge on any atom is -0.384 e. The molecule has 102 valence electrons. The highest BCUT2D eigenvalue weighted by Gasteiger charge is 2.30. The van der Waals surface area contributed by atoms with E-state index in [4.69, 9.17) is 0 Å². The molecule has 2 aromatic carbocycles. The van der Waals surface area contributed by atoms with Crippen LogP contribution in [0.4, 0.5) is 11.4 Å². The second-order valence-electron chi connectivity index (χ2n) is 5.25. The summed E-state index contributed by atoms with van der Waals surface area (Å²) in [7, 11) is 1.84. The average molecular weight is 266 g/mol. The zero-order valence-corrected chi connectivity index (χ0v) is 11.8. The van der Waals surface area contributed by atoms with Crippen molar-refractivity contribution in [1.82, 2.24) is 0 Å². The minimum atomic E-state index is -0.0995. The van der Waals surface area contributed by atoms with Crippen molar-refractivity contribution in [2.45, 2.75) is 12.8 Å². The molecule has 3 heteroatoms. The van der Waals surface area contributed by atoms with Gasteiger partial charge in [0.25, 0.3) is 0 Å². The number of carbonyl (C=O) groups excluding carboxylic acids is 1. The number of likely N-dealkylation sites (N-methyl/N-ethyl adjacent to an activating group) is 1. The van der Waals surface area contributed by atoms with E-state index in [1.54, 1.807) is 4.90 Å². The molecule has 2 aromatic rings. The third kappa shape index (κ3) is 2.16. The number of benzene rings is 2. The highest BCUT2D eigenvalue weighted by Crippen LogP contribution is 2.33. The maximum Gasteiger partial charge on any atom is 0.236 e. The molecule has 0 saturated carbocycles. The van der Waals surface area contributed by atoms with Crippen molar-refractivity contribution in [3.63, 3.8) is 0 Å². The van der Waals surface area contributed by atoms with Gasteiger partial charge in [-0.2, -0.15) is 0 Å². The summed E-state index contributed by atoms with van der Waals surface area (Å²) in [5, 5.41) is 3.30. The van der Waals surface area contributed by atoms with Gasteiger partial charge in [-0.1, -0.05) is 35.9 Å². The number of amides is 1. The molecule has 1 heterocycles. The molecule has 1 amide bonds. The summed E-state index contributed by atoms with van der Waals surface area (Å²) in [6.45, 7) is 2.72. The van der Waals surface area contributed by atoms with E-state index in [1.807, 2.05) is 62.5 Å². The van der Waals surface area contributed by atoms with Crippen LogP contribution in [0.25, 0.3) is 0 Å². The lowest BCUT2D eigenvalue weighted by Crippen LogP contribution is -2.32. The van der Waals surface area contributed by atoms with Crippen molar-refractivity contribution >= 4 is 17.3 Å². The van der Waals surface area contributed by atoms with E-state index in [0.29, 0.717) is 6.54 Å². The number of nitrogens with one attached hydrogen (secondary N) is 1. The molecule has 0 fully saturated rings. The van der Waals surface area contributed by atoms with Crippen molar-refractivity contribution in [1.29, 1.82) is 0 Å². The van der Waals surface area contributed by atoms with Gasteiger partial charge in [0.05, 0.1) is 5.92 Å². The fourth-order valence-electron chi connectivity index (χ4n) is 2.63. The Bertz CT molecular complexity index is 634. The zero-order chi connectivity index (χ0) is 14.1. The summed E-state index contributed by atoms with van der Waals surface area (Å²) in [4.78, 5) is 14.4. The first-order valence-corrected chi connectivity index (χ1v) is 6.84. The normalized spacial score (nSPS) is 16.4. The van der Waals surface area contributed by atoms with Crippen LogP contribution in [0.15, 0.2) is 48.5 Å². The standard InChI is InChI=1S/C17H18N2O/c1-12-7-9-13(10-8-12)19(2)17(20)15-11-18-16-6-4-3-5-14(15)16/h3-10,15,18H,11H2,1-2H3. The van der Waals surface area contributed by atoms with E-state index < -0.39 is 0 Å². The van der Waals surface area contributed by atoms with Crippen molar-refractivity contribution in [3.05, 3.63) is 59.7 Å². The minimum absolute atomic E-state index is 0.0995. The molecule has 20 heavy (non-hydrogen) atoms. The van der Waals surface area contributed by atoms with Crippen molar-refractivity contribution < 1.29 is 4.79 Å². The Morgan fingerprint density at radius 3 is 2.60 bits per heavy atom. The van der Waals surface area contributed by atoms with Gasteiger partial charge in [-0.3, -0.25) is 4.79 Å². The summed E-state index contributed by atoms with van der Waals surface area (Å²) in [6, 6.07) is 16.1. The topological polar surface area (TPSA) is 32.3 Å². The van der Waals surface area contributed by atoms with Crippen LogP contribution < -0.4 is 10.2 Å². The number of hydrogen-bond acceptors (Lipinski definition) is 2. The molecule has 1 aliphatic rings. The molecule has 3 nitrogen and oxygen atoms in total. The Labute approximate surface area is 119 Å². The smallest absolute Gasteiger partial charge is 0.236 e. The third-order valence-corrected chi connectivity index (χ3v) is 3.88. The van der Waals surface area contributed by atoms with Crippen molar-refractivity contribution in [3.8, 4) is 0 Å². The summed E-state index contributed by atoms with van der Waals surface area (Å²) in [5.41, 5.74) is 4.30. The van der Waals surface area contributed by atoms with E-state index >= 15 is 0 Å². The highest BCUT2D eigenvalue weighted by atomic mass is 16.2. The molecular formula is C17H18N2O.